The topological polar surface area (TPSA) is 3.24 Å². The summed E-state index contributed by atoms with van der Waals surface area (Å²) in [7, 11) is 1.98. The minimum atomic E-state index is 0.505. The van der Waals surface area contributed by atoms with E-state index in [9.17, 15) is 0 Å². The highest BCUT2D eigenvalue weighted by molar-refractivity contribution is 6.18. The van der Waals surface area contributed by atoms with E-state index in [4.69, 9.17) is 11.6 Å². The molecule has 2 rings (SSSR count). The lowest BCUT2D eigenvalue weighted by Gasteiger charge is -2.15. The molecule has 0 aliphatic carbocycles. The van der Waals surface area contributed by atoms with Crippen molar-refractivity contribution in [1.29, 1.82) is 0 Å². The third-order valence-corrected chi connectivity index (χ3v) is 2.95. The third kappa shape index (κ3) is 2.37. The van der Waals surface area contributed by atoms with Crippen molar-refractivity contribution in [2.24, 2.45) is 0 Å². The first-order chi connectivity index (χ1) is 7.81. The van der Waals surface area contributed by atoms with Crippen LogP contribution in [0.5, 0.6) is 0 Å². The summed E-state index contributed by atoms with van der Waals surface area (Å²) < 4.78 is 0. The standard InChI is InChI=1S/C14H14ClN/c1-16(11-15)14-9-7-13(8-10-14)12-5-3-2-4-6-12/h2-10H,11H2,1H3. The van der Waals surface area contributed by atoms with Crippen LogP contribution >= 0.6 is 11.6 Å². The summed E-state index contributed by atoms with van der Waals surface area (Å²) in [4.78, 5) is 2.00. The van der Waals surface area contributed by atoms with Gasteiger partial charge < -0.3 is 4.90 Å². The van der Waals surface area contributed by atoms with Crippen LogP contribution in [0, 0.1) is 0 Å². The minimum absolute atomic E-state index is 0.505. The van der Waals surface area contributed by atoms with E-state index >= 15 is 0 Å². The van der Waals surface area contributed by atoms with Gasteiger partial charge in [0.2, 0.25) is 0 Å². The molecule has 0 N–H and O–H groups in total. The van der Waals surface area contributed by atoms with Gasteiger partial charge in [0.15, 0.2) is 0 Å². The SMILES string of the molecule is CN(CCl)c1ccc(-c2ccccc2)cc1. The zero-order chi connectivity index (χ0) is 11.4. The zero-order valence-corrected chi connectivity index (χ0v) is 9.98. The van der Waals surface area contributed by atoms with Gasteiger partial charge in [0, 0.05) is 12.7 Å². The Bertz CT molecular complexity index is 436. The summed E-state index contributed by atoms with van der Waals surface area (Å²) >= 11 is 5.77. The summed E-state index contributed by atoms with van der Waals surface area (Å²) in [6, 6.07) is 19.3. The van der Waals surface area contributed by atoms with Crippen molar-refractivity contribution in [2.75, 3.05) is 18.0 Å². The molecule has 0 saturated heterocycles. The molecule has 0 saturated carbocycles. The first-order valence-corrected chi connectivity index (χ1v) is 5.77. The molecule has 0 aliphatic rings. The molecule has 0 unspecified atom stereocenters. The van der Waals surface area contributed by atoms with E-state index in [0.29, 0.717) is 6.00 Å². The molecule has 0 bridgehead atoms. The molecule has 0 heterocycles. The van der Waals surface area contributed by atoms with Gasteiger partial charge in [-0.1, -0.05) is 42.5 Å². The zero-order valence-electron chi connectivity index (χ0n) is 9.23. The van der Waals surface area contributed by atoms with Crippen molar-refractivity contribution >= 4 is 17.3 Å². The molecule has 2 aromatic rings. The predicted molar refractivity (Wildman–Crippen MR) is 71.0 cm³/mol. The molecule has 0 aromatic heterocycles. The first kappa shape index (κ1) is 11.0. The molecule has 1 nitrogen and oxygen atoms in total. The van der Waals surface area contributed by atoms with E-state index in [1.165, 1.54) is 11.1 Å². The number of rotatable bonds is 3. The molecule has 16 heavy (non-hydrogen) atoms. The molecule has 0 fully saturated rings. The second-order valence-electron chi connectivity index (χ2n) is 3.73. The Morgan fingerprint density at radius 1 is 0.875 bits per heavy atom. The number of halogens is 1. The maximum Gasteiger partial charge on any atom is 0.0925 e. The second-order valence-corrected chi connectivity index (χ2v) is 3.97. The smallest absolute Gasteiger partial charge is 0.0925 e. The van der Waals surface area contributed by atoms with E-state index < -0.39 is 0 Å². The molecule has 0 aliphatic heterocycles. The Labute approximate surface area is 101 Å². The van der Waals surface area contributed by atoms with E-state index in [2.05, 4.69) is 36.4 Å². The number of benzene rings is 2. The van der Waals surface area contributed by atoms with Crippen molar-refractivity contribution < 1.29 is 0 Å². The van der Waals surface area contributed by atoms with Gasteiger partial charge in [0.1, 0.15) is 0 Å². The van der Waals surface area contributed by atoms with Crippen LogP contribution < -0.4 is 4.90 Å². The highest BCUT2D eigenvalue weighted by Gasteiger charge is 2.00. The molecule has 82 valence electrons. The van der Waals surface area contributed by atoms with Gasteiger partial charge in [0.05, 0.1) is 6.00 Å². The van der Waals surface area contributed by atoms with Gasteiger partial charge >= 0.3 is 0 Å². The molecule has 2 aromatic carbocycles. The largest absolute Gasteiger partial charge is 0.361 e. The van der Waals surface area contributed by atoms with Gasteiger partial charge in [-0.3, -0.25) is 0 Å². The fourth-order valence-corrected chi connectivity index (χ4v) is 1.75. The molecule has 0 radical (unpaired) electrons. The molecular formula is C14H14ClN. The Hall–Kier alpha value is -1.47. The van der Waals surface area contributed by atoms with Crippen molar-refractivity contribution in [3.63, 3.8) is 0 Å². The molecule has 0 atom stereocenters. The molecule has 2 heteroatoms. The van der Waals surface area contributed by atoms with E-state index in [1.54, 1.807) is 0 Å². The van der Waals surface area contributed by atoms with Crippen LogP contribution in [0.4, 0.5) is 5.69 Å². The third-order valence-electron chi connectivity index (χ3n) is 2.59. The van der Waals surface area contributed by atoms with Crippen molar-refractivity contribution in [1.82, 2.24) is 0 Å². The van der Waals surface area contributed by atoms with Crippen molar-refractivity contribution in [3.8, 4) is 11.1 Å². The Morgan fingerprint density at radius 2 is 1.44 bits per heavy atom. The molecular weight excluding hydrogens is 218 g/mol. The molecule has 0 amide bonds. The number of anilines is 1. The maximum atomic E-state index is 5.77. The van der Waals surface area contributed by atoms with Gasteiger partial charge in [-0.2, -0.15) is 0 Å². The number of alkyl halides is 1. The van der Waals surface area contributed by atoms with Crippen LogP contribution in [0.1, 0.15) is 0 Å². The van der Waals surface area contributed by atoms with Gasteiger partial charge in [0.25, 0.3) is 0 Å². The minimum Gasteiger partial charge on any atom is -0.361 e. The second kappa shape index (κ2) is 5.04. The maximum absolute atomic E-state index is 5.77. The van der Waals surface area contributed by atoms with Gasteiger partial charge in [-0.05, 0) is 23.3 Å². The van der Waals surface area contributed by atoms with Crippen molar-refractivity contribution in [2.45, 2.75) is 0 Å². The molecule has 0 spiro atoms. The highest BCUT2D eigenvalue weighted by Crippen LogP contribution is 2.22. The number of nitrogens with zero attached hydrogens (tertiary/aromatic N) is 1. The van der Waals surface area contributed by atoms with E-state index in [0.717, 1.165) is 5.69 Å². The number of hydrogen-bond acceptors (Lipinski definition) is 1. The lowest BCUT2D eigenvalue weighted by atomic mass is 10.1. The lowest BCUT2D eigenvalue weighted by Crippen LogP contribution is -2.13. The predicted octanol–water partition coefficient (Wildman–Crippen LogP) is 3.99. The van der Waals surface area contributed by atoms with Crippen molar-refractivity contribution in [3.05, 3.63) is 54.6 Å². The van der Waals surface area contributed by atoms with Crippen LogP contribution in [0.25, 0.3) is 11.1 Å². The van der Waals surface area contributed by atoms with Crippen LogP contribution in [0.3, 0.4) is 0 Å². The van der Waals surface area contributed by atoms with E-state index in [-0.39, 0.29) is 0 Å². The summed E-state index contributed by atoms with van der Waals surface area (Å²) in [5.74, 6) is 0. The Kier molecular flexibility index (Phi) is 3.47. The fraction of sp³-hybridized carbons (Fsp3) is 0.143. The monoisotopic (exact) mass is 231 g/mol. The van der Waals surface area contributed by atoms with E-state index in [1.807, 2.05) is 30.1 Å². The summed E-state index contributed by atoms with van der Waals surface area (Å²) in [6.07, 6.45) is 0. The van der Waals surface area contributed by atoms with Crippen LogP contribution in [0.2, 0.25) is 0 Å². The summed E-state index contributed by atoms with van der Waals surface area (Å²) in [6.45, 7) is 0. The normalized spacial score (nSPS) is 10.1. The first-order valence-electron chi connectivity index (χ1n) is 5.24. The Morgan fingerprint density at radius 3 is 2.00 bits per heavy atom. The fourth-order valence-electron chi connectivity index (χ4n) is 1.61. The van der Waals surface area contributed by atoms with Crippen LogP contribution in [0.15, 0.2) is 54.6 Å². The number of hydrogen-bond donors (Lipinski definition) is 0. The van der Waals surface area contributed by atoms with Gasteiger partial charge in [-0.15, -0.1) is 11.6 Å². The Balaban J connectivity index is 2.26. The van der Waals surface area contributed by atoms with Crippen LogP contribution in [-0.4, -0.2) is 13.1 Å². The average Bonchev–Trinajstić information content (AvgIpc) is 2.39. The summed E-state index contributed by atoms with van der Waals surface area (Å²) in [5.41, 5.74) is 3.60. The van der Waals surface area contributed by atoms with Gasteiger partial charge in [-0.25, -0.2) is 0 Å². The van der Waals surface area contributed by atoms with Crippen LogP contribution in [-0.2, 0) is 0 Å². The summed E-state index contributed by atoms with van der Waals surface area (Å²) in [5, 5.41) is 0. The quantitative estimate of drug-likeness (QED) is 0.571. The average molecular weight is 232 g/mol. The highest BCUT2D eigenvalue weighted by atomic mass is 35.5. The lowest BCUT2D eigenvalue weighted by molar-refractivity contribution is 1.09.